The molecule has 0 fully saturated rings. The van der Waals surface area contributed by atoms with Gasteiger partial charge in [0.1, 0.15) is 22.9 Å². The zero-order valence-electron chi connectivity index (χ0n) is 16.9. The number of anilines is 2. The van der Waals surface area contributed by atoms with Crippen molar-refractivity contribution in [3.8, 4) is 0 Å². The van der Waals surface area contributed by atoms with Crippen molar-refractivity contribution in [3.63, 3.8) is 0 Å². The predicted molar refractivity (Wildman–Crippen MR) is 106 cm³/mol. The third-order valence-electron chi connectivity index (χ3n) is 3.63. The van der Waals surface area contributed by atoms with Gasteiger partial charge >= 0.3 is 12.1 Å². The lowest BCUT2D eigenvalue weighted by Gasteiger charge is -2.19. The van der Waals surface area contributed by atoms with Gasteiger partial charge in [0.2, 0.25) is 0 Å². The van der Waals surface area contributed by atoms with E-state index in [4.69, 9.17) is 9.47 Å². The maximum atomic E-state index is 13.6. The van der Waals surface area contributed by atoms with Gasteiger partial charge in [-0.15, -0.1) is 0 Å². The first-order valence-electron chi connectivity index (χ1n) is 9.02. The molecule has 0 bridgehead atoms. The van der Waals surface area contributed by atoms with Crippen LogP contribution in [0.25, 0.3) is 0 Å². The number of amides is 2. The molecule has 2 aromatic rings. The molecule has 0 aliphatic heterocycles. The van der Waals surface area contributed by atoms with Crippen LogP contribution in [-0.2, 0) is 14.3 Å². The van der Waals surface area contributed by atoms with Crippen LogP contribution < -0.4 is 10.6 Å². The van der Waals surface area contributed by atoms with Gasteiger partial charge in [-0.05, 0) is 64.1 Å². The Bertz CT molecular complexity index is 919. The summed E-state index contributed by atoms with van der Waals surface area (Å²) in [5.41, 5.74) is -0.776. The van der Waals surface area contributed by atoms with Crippen LogP contribution in [0.3, 0.4) is 0 Å². The number of esters is 1. The molecule has 1 atom stereocenters. The number of halogens is 2. The van der Waals surface area contributed by atoms with Crippen LogP contribution in [0.15, 0.2) is 42.5 Å². The lowest BCUT2D eigenvalue weighted by molar-refractivity contribution is -0.123. The fourth-order valence-electron chi connectivity index (χ4n) is 2.24. The van der Waals surface area contributed by atoms with Crippen molar-refractivity contribution < 1.29 is 32.6 Å². The summed E-state index contributed by atoms with van der Waals surface area (Å²) >= 11 is 0. The van der Waals surface area contributed by atoms with Gasteiger partial charge in [-0.1, -0.05) is 6.07 Å². The molecule has 0 unspecified atom stereocenters. The summed E-state index contributed by atoms with van der Waals surface area (Å²) < 4.78 is 37.4. The van der Waals surface area contributed by atoms with Gasteiger partial charge in [0.15, 0.2) is 6.10 Å². The highest BCUT2D eigenvalue weighted by Crippen LogP contribution is 2.19. The largest absolute Gasteiger partial charge is 0.449 e. The Morgan fingerprint density at radius 2 is 1.50 bits per heavy atom. The predicted octanol–water partition coefficient (Wildman–Crippen LogP) is 4.50. The summed E-state index contributed by atoms with van der Waals surface area (Å²) in [5, 5.41) is 4.57. The summed E-state index contributed by atoms with van der Waals surface area (Å²) in [6.45, 7) is 6.45. The first kappa shape index (κ1) is 22.8. The average molecular weight is 420 g/mol. The fraction of sp³-hybridized carbons (Fsp3) is 0.286. The number of hydrogen-bond acceptors (Lipinski definition) is 5. The number of benzene rings is 2. The highest BCUT2D eigenvalue weighted by molar-refractivity contribution is 5.97. The Morgan fingerprint density at radius 3 is 2.03 bits per heavy atom. The van der Waals surface area contributed by atoms with Gasteiger partial charge < -0.3 is 14.8 Å². The number of hydrogen-bond donors (Lipinski definition) is 2. The highest BCUT2D eigenvalue weighted by Gasteiger charge is 2.22. The molecule has 0 radical (unpaired) electrons. The Kier molecular flexibility index (Phi) is 7.10. The average Bonchev–Trinajstić information content (AvgIpc) is 2.63. The summed E-state index contributed by atoms with van der Waals surface area (Å²) in [5.74, 6) is -3.61. The van der Waals surface area contributed by atoms with Gasteiger partial charge in [-0.2, -0.15) is 0 Å². The third-order valence-corrected chi connectivity index (χ3v) is 3.63. The Balaban J connectivity index is 1.95. The first-order chi connectivity index (χ1) is 14.0. The lowest BCUT2D eigenvalue weighted by atomic mass is 10.2. The van der Waals surface area contributed by atoms with E-state index in [1.807, 2.05) is 0 Å². The molecule has 30 heavy (non-hydrogen) atoms. The number of ether oxygens (including phenoxy) is 2. The molecule has 9 heteroatoms. The van der Waals surface area contributed by atoms with Crippen LogP contribution in [0, 0.1) is 11.6 Å². The van der Waals surface area contributed by atoms with E-state index in [0.29, 0.717) is 5.69 Å². The first-order valence-corrected chi connectivity index (χ1v) is 9.02. The maximum absolute atomic E-state index is 13.6. The van der Waals surface area contributed by atoms with Crippen molar-refractivity contribution in [2.45, 2.75) is 39.4 Å². The molecule has 0 saturated heterocycles. The summed E-state index contributed by atoms with van der Waals surface area (Å²) in [6.07, 6.45) is -1.96. The summed E-state index contributed by atoms with van der Waals surface area (Å²) in [7, 11) is 0. The van der Waals surface area contributed by atoms with Crippen LogP contribution in [0.1, 0.15) is 38.1 Å². The van der Waals surface area contributed by atoms with Crippen molar-refractivity contribution in [1.29, 1.82) is 0 Å². The van der Waals surface area contributed by atoms with E-state index in [9.17, 15) is 23.2 Å². The highest BCUT2D eigenvalue weighted by atomic mass is 19.1. The smallest absolute Gasteiger partial charge is 0.412 e. The van der Waals surface area contributed by atoms with E-state index < -0.39 is 47.0 Å². The van der Waals surface area contributed by atoms with Crippen LogP contribution in [0.5, 0.6) is 0 Å². The zero-order chi connectivity index (χ0) is 22.5. The number of nitrogens with one attached hydrogen (secondary N) is 2. The van der Waals surface area contributed by atoms with E-state index in [1.54, 1.807) is 20.8 Å². The Morgan fingerprint density at radius 1 is 0.933 bits per heavy atom. The Labute approximate surface area is 172 Å². The number of para-hydroxylation sites is 1. The van der Waals surface area contributed by atoms with E-state index in [2.05, 4.69) is 10.6 Å². The van der Waals surface area contributed by atoms with E-state index in [-0.39, 0.29) is 5.56 Å². The van der Waals surface area contributed by atoms with Crippen LogP contribution in [0.2, 0.25) is 0 Å². The van der Waals surface area contributed by atoms with Crippen molar-refractivity contribution >= 4 is 29.3 Å². The van der Waals surface area contributed by atoms with Crippen molar-refractivity contribution in [2.75, 3.05) is 10.6 Å². The van der Waals surface area contributed by atoms with Gasteiger partial charge in [0, 0.05) is 5.69 Å². The molecule has 2 N–H and O–H groups in total. The molecule has 2 amide bonds. The number of carbonyl (C=O) groups excluding carboxylic acids is 3. The minimum Gasteiger partial charge on any atom is -0.449 e. The monoisotopic (exact) mass is 420 g/mol. The number of rotatable bonds is 5. The molecule has 0 aromatic heterocycles. The molecular weight excluding hydrogens is 398 g/mol. The second-order valence-corrected chi connectivity index (χ2v) is 7.34. The van der Waals surface area contributed by atoms with Crippen molar-refractivity contribution in [2.24, 2.45) is 0 Å². The maximum Gasteiger partial charge on any atom is 0.412 e. The molecule has 0 aliphatic carbocycles. The van der Waals surface area contributed by atoms with Crippen molar-refractivity contribution in [1.82, 2.24) is 0 Å². The number of carbonyl (C=O) groups is 3. The van der Waals surface area contributed by atoms with Gasteiger partial charge in [0.25, 0.3) is 5.91 Å². The normalized spacial score (nSPS) is 11.9. The summed E-state index contributed by atoms with van der Waals surface area (Å²) in [4.78, 5) is 36.0. The van der Waals surface area contributed by atoms with Crippen LogP contribution >= 0.6 is 0 Å². The lowest BCUT2D eigenvalue weighted by Crippen LogP contribution is -2.30. The molecule has 2 rings (SSSR count). The topological polar surface area (TPSA) is 93.7 Å². The molecule has 0 saturated carbocycles. The standard InChI is InChI=1S/C21H22F2N2O5/c1-12(18(26)25-17-15(22)6-5-7-16(17)23)29-19(27)13-8-10-14(11-9-13)24-20(28)30-21(2,3)4/h5-12H,1-4H3,(H,24,28)(H,25,26)/t12-/m0/s1. The van der Waals surface area contributed by atoms with Crippen LogP contribution in [0.4, 0.5) is 25.0 Å². The SMILES string of the molecule is C[C@H](OC(=O)c1ccc(NC(=O)OC(C)(C)C)cc1)C(=O)Nc1c(F)cccc1F. The second kappa shape index (κ2) is 9.34. The van der Waals surface area contributed by atoms with E-state index in [1.165, 1.54) is 31.2 Å². The molecule has 160 valence electrons. The van der Waals surface area contributed by atoms with Crippen LogP contribution in [-0.4, -0.2) is 29.7 Å². The molecule has 0 spiro atoms. The summed E-state index contributed by atoms with van der Waals surface area (Å²) in [6, 6.07) is 8.82. The molecule has 0 aliphatic rings. The molecular formula is C21H22F2N2O5. The Hall–Kier alpha value is -3.49. The fourth-order valence-corrected chi connectivity index (χ4v) is 2.24. The molecule has 0 heterocycles. The van der Waals surface area contributed by atoms with Crippen molar-refractivity contribution in [3.05, 3.63) is 59.7 Å². The van der Waals surface area contributed by atoms with Gasteiger partial charge in [-0.25, -0.2) is 18.4 Å². The third kappa shape index (κ3) is 6.54. The van der Waals surface area contributed by atoms with Gasteiger partial charge in [-0.3, -0.25) is 10.1 Å². The second-order valence-electron chi connectivity index (χ2n) is 7.34. The quantitative estimate of drug-likeness (QED) is 0.695. The minimum atomic E-state index is -1.31. The minimum absolute atomic E-state index is 0.112. The van der Waals surface area contributed by atoms with Gasteiger partial charge in [0.05, 0.1) is 5.56 Å². The van der Waals surface area contributed by atoms with E-state index in [0.717, 1.165) is 18.2 Å². The molecule has 7 nitrogen and oxygen atoms in total. The molecule has 2 aromatic carbocycles. The zero-order valence-corrected chi connectivity index (χ0v) is 16.9. The van der Waals surface area contributed by atoms with E-state index >= 15 is 0 Å².